The Morgan fingerprint density at radius 1 is 1.62 bits per heavy atom. The van der Waals surface area contributed by atoms with Gasteiger partial charge in [-0.3, -0.25) is 4.79 Å². The molecule has 0 aliphatic carbocycles. The highest BCUT2D eigenvalue weighted by Gasteiger charge is 2.20. The summed E-state index contributed by atoms with van der Waals surface area (Å²) in [6.45, 7) is 5.96. The van der Waals surface area contributed by atoms with Crippen molar-refractivity contribution in [2.45, 2.75) is 19.4 Å². The van der Waals surface area contributed by atoms with Gasteiger partial charge in [0, 0.05) is 26.3 Å². The zero-order valence-electron chi connectivity index (χ0n) is 9.66. The molecule has 0 spiro atoms. The molecule has 6 heteroatoms. The molecule has 0 aromatic rings. The van der Waals surface area contributed by atoms with E-state index >= 15 is 0 Å². The van der Waals surface area contributed by atoms with Gasteiger partial charge in [-0.05, 0) is 13.3 Å². The molecule has 0 aromatic heterocycles. The molecule has 1 fully saturated rings. The summed E-state index contributed by atoms with van der Waals surface area (Å²) in [6.07, 6.45) is 0.854. The van der Waals surface area contributed by atoms with Crippen LogP contribution in [0.15, 0.2) is 0 Å². The predicted octanol–water partition coefficient (Wildman–Crippen LogP) is -0.0606. The molecular weight excluding hydrogens is 232 g/mol. The Labute approximate surface area is 103 Å². The van der Waals surface area contributed by atoms with Gasteiger partial charge in [-0.1, -0.05) is 0 Å². The normalized spacial score (nSPS) is 19.9. The van der Waals surface area contributed by atoms with Crippen LogP contribution >= 0.6 is 12.4 Å². The molecular formula is C10H21ClN2O3. The lowest BCUT2D eigenvalue weighted by Gasteiger charge is -2.22. The Hall–Kier alpha value is -0.360. The molecule has 1 amide bonds. The first-order valence-electron chi connectivity index (χ1n) is 5.51. The average molecular weight is 253 g/mol. The van der Waals surface area contributed by atoms with E-state index in [4.69, 9.17) is 9.47 Å². The zero-order valence-corrected chi connectivity index (χ0v) is 10.5. The maximum absolute atomic E-state index is 11.5. The first-order valence-corrected chi connectivity index (χ1v) is 5.51. The van der Waals surface area contributed by atoms with E-state index < -0.39 is 0 Å². The summed E-state index contributed by atoms with van der Waals surface area (Å²) < 4.78 is 10.4. The van der Waals surface area contributed by atoms with Crippen molar-refractivity contribution in [3.05, 3.63) is 0 Å². The van der Waals surface area contributed by atoms with Gasteiger partial charge in [-0.25, -0.2) is 0 Å². The summed E-state index contributed by atoms with van der Waals surface area (Å²) in [5.41, 5.74) is 0. The molecule has 2 N–H and O–H groups in total. The minimum absolute atomic E-state index is 0. The van der Waals surface area contributed by atoms with Crippen LogP contribution in [0.25, 0.3) is 0 Å². The smallest absolute Gasteiger partial charge is 0.239 e. The lowest BCUT2D eigenvalue weighted by molar-refractivity contribution is -0.125. The molecule has 1 aliphatic rings. The Balaban J connectivity index is 0.00000225. The number of carbonyl (C=O) groups is 1. The standard InChI is InChI=1S/C10H20N2O3.ClH/c1-2-14-6-3-4-12-10(13)9-8-15-7-5-11-9;/h9,11H,2-8H2,1H3,(H,12,13);1H. The number of amides is 1. The third-order valence-electron chi connectivity index (χ3n) is 2.21. The van der Waals surface area contributed by atoms with Crippen molar-refractivity contribution in [3.63, 3.8) is 0 Å². The molecule has 1 saturated heterocycles. The number of hydrogen-bond acceptors (Lipinski definition) is 4. The highest BCUT2D eigenvalue weighted by Crippen LogP contribution is 1.92. The van der Waals surface area contributed by atoms with Crippen molar-refractivity contribution in [1.29, 1.82) is 0 Å². The molecule has 1 rings (SSSR count). The van der Waals surface area contributed by atoms with Crippen LogP contribution in [0.4, 0.5) is 0 Å². The van der Waals surface area contributed by atoms with E-state index in [0.29, 0.717) is 26.4 Å². The number of morpholine rings is 1. The second kappa shape index (κ2) is 9.84. The van der Waals surface area contributed by atoms with Gasteiger partial charge in [0.25, 0.3) is 0 Å². The number of hydrogen-bond donors (Lipinski definition) is 2. The monoisotopic (exact) mass is 252 g/mol. The maximum Gasteiger partial charge on any atom is 0.239 e. The average Bonchev–Trinajstić information content (AvgIpc) is 2.30. The Kier molecular flexibility index (Phi) is 9.62. The van der Waals surface area contributed by atoms with Crippen molar-refractivity contribution < 1.29 is 14.3 Å². The van der Waals surface area contributed by atoms with Gasteiger partial charge in [0.15, 0.2) is 0 Å². The number of rotatable bonds is 6. The zero-order chi connectivity index (χ0) is 10.9. The fourth-order valence-electron chi connectivity index (χ4n) is 1.39. The predicted molar refractivity (Wildman–Crippen MR) is 64.0 cm³/mol. The third-order valence-corrected chi connectivity index (χ3v) is 2.21. The van der Waals surface area contributed by atoms with Gasteiger partial charge in [-0.2, -0.15) is 0 Å². The van der Waals surface area contributed by atoms with Crippen LogP contribution < -0.4 is 10.6 Å². The van der Waals surface area contributed by atoms with Crippen LogP contribution in [-0.2, 0) is 14.3 Å². The molecule has 0 aromatic carbocycles. The van der Waals surface area contributed by atoms with Crippen molar-refractivity contribution >= 4 is 18.3 Å². The van der Waals surface area contributed by atoms with Crippen molar-refractivity contribution in [2.75, 3.05) is 39.5 Å². The van der Waals surface area contributed by atoms with E-state index in [-0.39, 0.29) is 24.4 Å². The molecule has 5 nitrogen and oxygen atoms in total. The van der Waals surface area contributed by atoms with E-state index in [1.165, 1.54) is 0 Å². The first-order chi connectivity index (χ1) is 7.34. The van der Waals surface area contributed by atoms with Crippen LogP contribution in [0.1, 0.15) is 13.3 Å². The van der Waals surface area contributed by atoms with Crippen molar-refractivity contribution in [1.82, 2.24) is 10.6 Å². The van der Waals surface area contributed by atoms with Gasteiger partial charge < -0.3 is 20.1 Å². The van der Waals surface area contributed by atoms with Gasteiger partial charge in [0.2, 0.25) is 5.91 Å². The molecule has 16 heavy (non-hydrogen) atoms. The van der Waals surface area contributed by atoms with E-state index in [1.54, 1.807) is 0 Å². The molecule has 1 atom stereocenters. The minimum atomic E-state index is -0.189. The van der Waals surface area contributed by atoms with Crippen molar-refractivity contribution in [2.24, 2.45) is 0 Å². The summed E-state index contributed by atoms with van der Waals surface area (Å²) in [5.74, 6) is 0.0196. The minimum Gasteiger partial charge on any atom is -0.382 e. The summed E-state index contributed by atoms with van der Waals surface area (Å²) in [7, 11) is 0. The van der Waals surface area contributed by atoms with Crippen molar-refractivity contribution in [3.8, 4) is 0 Å². The SMILES string of the molecule is CCOCCCNC(=O)C1COCCN1.Cl. The highest BCUT2D eigenvalue weighted by atomic mass is 35.5. The molecule has 0 bridgehead atoms. The van der Waals surface area contributed by atoms with E-state index in [2.05, 4.69) is 10.6 Å². The fraction of sp³-hybridized carbons (Fsp3) is 0.900. The topological polar surface area (TPSA) is 59.6 Å². The van der Waals surface area contributed by atoms with Crippen LogP contribution in [0.5, 0.6) is 0 Å². The maximum atomic E-state index is 11.5. The van der Waals surface area contributed by atoms with E-state index in [1.807, 2.05) is 6.92 Å². The fourth-order valence-corrected chi connectivity index (χ4v) is 1.39. The number of carbonyl (C=O) groups excluding carboxylic acids is 1. The largest absolute Gasteiger partial charge is 0.382 e. The van der Waals surface area contributed by atoms with Gasteiger partial charge >= 0.3 is 0 Å². The summed E-state index contributed by atoms with van der Waals surface area (Å²) in [5, 5.41) is 5.95. The quantitative estimate of drug-likeness (QED) is 0.651. The molecule has 1 heterocycles. The number of halogens is 1. The molecule has 96 valence electrons. The molecule has 0 saturated carbocycles. The van der Waals surface area contributed by atoms with Crippen LogP contribution in [0, 0.1) is 0 Å². The van der Waals surface area contributed by atoms with Crippen LogP contribution in [0.2, 0.25) is 0 Å². The van der Waals surface area contributed by atoms with E-state index in [9.17, 15) is 4.79 Å². The second-order valence-electron chi connectivity index (χ2n) is 3.42. The lowest BCUT2D eigenvalue weighted by Crippen LogP contribution is -2.51. The third kappa shape index (κ3) is 6.27. The molecule has 0 radical (unpaired) electrons. The number of ether oxygens (including phenoxy) is 2. The Morgan fingerprint density at radius 3 is 3.06 bits per heavy atom. The van der Waals surface area contributed by atoms with Gasteiger partial charge in [0.05, 0.1) is 13.2 Å². The van der Waals surface area contributed by atoms with Crippen LogP contribution in [-0.4, -0.2) is 51.5 Å². The second-order valence-corrected chi connectivity index (χ2v) is 3.42. The highest BCUT2D eigenvalue weighted by molar-refractivity contribution is 5.85. The lowest BCUT2D eigenvalue weighted by atomic mass is 10.2. The summed E-state index contributed by atoms with van der Waals surface area (Å²) in [4.78, 5) is 11.5. The molecule has 1 aliphatic heterocycles. The Morgan fingerprint density at radius 2 is 2.44 bits per heavy atom. The van der Waals surface area contributed by atoms with Gasteiger partial charge in [-0.15, -0.1) is 12.4 Å². The number of nitrogens with one attached hydrogen (secondary N) is 2. The van der Waals surface area contributed by atoms with Crippen LogP contribution in [0.3, 0.4) is 0 Å². The summed E-state index contributed by atoms with van der Waals surface area (Å²) >= 11 is 0. The van der Waals surface area contributed by atoms with Gasteiger partial charge in [0.1, 0.15) is 6.04 Å². The Bertz CT molecular complexity index is 187. The first kappa shape index (κ1) is 15.6. The molecule has 1 unspecified atom stereocenters. The van der Waals surface area contributed by atoms with E-state index in [0.717, 1.165) is 19.6 Å². The summed E-state index contributed by atoms with van der Waals surface area (Å²) in [6, 6.07) is -0.189.